The van der Waals surface area contributed by atoms with Crippen LogP contribution in [0.4, 0.5) is 0 Å². The predicted molar refractivity (Wildman–Crippen MR) is 68.2 cm³/mol. The molecule has 2 N–H and O–H groups in total. The van der Waals surface area contributed by atoms with Crippen LogP contribution in [0.3, 0.4) is 0 Å². The summed E-state index contributed by atoms with van der Waals surface area (Å²) in [6.07, 6.45) is -0.0955. The second-order valence-electron chi connectivity index (χ2n) is 3.51. The highest BCUT2D eigenvalue weighted by Crippen LogP contribution is 2.29. The summed E-state index contributed by atoms with van der Waals surface area (Å²) in [4.78, 5) is 1.05. The average Bonchev–Trinajstić information content (AvgIpc) is 2.44. The number of rotatable bonds is 5. The van der Waals surface area contributed by atoms with Crippen LogP contribution in [0.25, 0.3) is 0 Å². The van der Waals surface area contributed by atoms with Gasteiger partial charge in [-0.05, 0) is 42.3 Å². The third-order valence-corrected chi connectivity index (χ3v) is 5.26. The van der Waals surface area contributed by atoms with E-state index in [0.717, 1.165) is 8.66 Å². The van der Waals surface area contributed by atoms with Crippen LogP contribution in [0, 0.1) is 6.92 Å². The number of hydrogen-bond acceptors (Lipinski definition) is 4. The van der Waals surface area contributed by atoms with Crippen molar-refractivity contribution in [2.45, 2.75) is 31.3 Å². The molecule has 1 heterocycles. The molecule has 0 bridgehead atoms. The van der Waals surface area contributed by atoms with Crippen LogP contribution in [0.2, 0.25) is 0 Å². The van der Waals surface area contributed by atoms with Crippen LogP contribution in [0.5, 0.6) is 0 Å². The lowest BCUT2D eigenvalue weighted by molar-refractivity contribution is 0.186. The minimum absolute atomic E-state index is 0.243. The highest BCUT2D eigenvalue weighted by molar-refractivity contribution is 9.11. The highest BCUT2D eigenvalue weighted by Gasteiger charge is 2.18. The maximum Gasteiger partial charge on any atom is 0.241 e. The zero-order valence-corrected chi connectivity index (χ0v) is 12.2. The summed E-state index contributed by atoms with van der Waals surface area (Å²) >= 11 is 4.64. The van der Waals surface area contributed by atoms with E-state index in [4.69, 9.17) is 5.11 Å². The van der Waals surface area contributed by atoms with Gasteiger partial charge >= 0.3 is 0 Å². The molecule has 0 aliphatic carbocycles. The maximum atomic E-state index is 11.8. The zero-order chi connectivity index (χ0) is 12.3. The second-order valence-corrected chi connectivity index (χ2v) is 7.88. The number of halogens is 1. The van der Waals surface area contributed by atoms with E-state index in [1.165, 1.54) is 11.3 Å². The van der Waals surface area contributed by atoms with Gasteiger partial charge in [0.25, 0.3) is 0 Å². The van der Waals surface area contributed by atoms with Gasteiger partial charge in [0.15, 0.2) is 0 Å². The molecule has 7 heteroatoms. The van der Waals surface area contributed by atoms with E-state index in [1.807, 2.05) is 0 Å². The van der Waals surface area contributed by atoms with Crippen molar-refractivity contribution in [2.75, 3.05) is 6.54 Å². The lowest BCUT2D eigenvalue weighted by atomic mass is 10.3. The fraction of sp³-hybridized carbons (Fsp3) is 0.556. The Morgan fingerprint density at radius 3 is 2.69 bits per heavy atom. The first kappa shape index (κ1) is 14.1. The molecule has 0 saturated heterocycles. The summed E-state index contributed by atoms with van der Waals surface area (Å²) < 4.78 is 26.9. The number of nitrogens with one attached hydrogen (secondary N) is 1. The Morgan fingerprint density at radius 2 is 2.25 bits per heavy atom. The van der Waals surface area contributed by atoms with Crippen molar-refractivity contribution in [1.82, 2.24) is 4.72 Å². The molecule has 1 aromatic rings. The molecule has 0 radical (unpaired) electrons. The van der Waals surface area contributed by atoms with Gasteiger partial charge in [0.2, 0.25) is 10.0 Å². The van der Waals surface area contributed by atoms with Gasteiger partial charge in [-0.3, -0.25) is 0 Å². The van der Waals surface area contributed by atoms with Crippen molar-refractivity contribution in [1.29, 1.82) is 0 Å². The van der Waals surface area contributed by atoms with Gasteiger partial charge in [0.05, 0.1) is 14.8 Å². The van der Waals surface area contributed by atoms with Gasteiger partial charge in [-0.1, -0.05) is 0 Å². The van der Waals surface area contributed by atoms with Gasteiger partial charge in [-0.15, -0.1) is 11.3 Å². The van der Waals surface area contributed by atoms with Gasteiger partial charge in [0, 0.05) is 11.4 Å². The molecule has 0 amide bonds. The molecule has 0 spiro atoms. The molecule has 1 unspecified atom stereocenters. The molecule has 1 rings (SSSR count). The number of aliphatic hydroxyl groups excluding tert-OH is 1. The summed E-state index contributed by atoms with van der Waals surface area (Å²) in [6.45, 7) is 3.63. The van der Waals surface area contributed by atoms with E-state index < -0.39 is 16.1 Å². The first-order valence-corrected chi connectivity index (χ1v) is 7.86. The molecule has 0 aliphatic heterocycles. The van der Waals surface area contributed by atoms with Crippen LogP contribution in [0.1, 0.15) is 18.2 Å². The Bertz CT molecular complexity index is 453. The van der Waals surface area contributed by atoms with E-state index in [2.05, 4.69) is 20.7 Å². The first-order valence-electron chi connectivity index (χ1n) is 4.76. The Morgan fingerprint density at radius 1 is 1.62 bits per heavy atom. The Balaban J connectivity index is 2.75. The van der Waals surface area contributed by atoms with E-state index >= 15 is 0 Å². The summed E-state index contributed by atoms with van der Waals surface area (Å²) in [7, 11) is -3.45. The standard InChI is InChI=1S/C9H14BrNO3S2/c1-6(12)3-4-11-16(13,14)8-5-9(10)15-7(8)2/h5-6,11-12H,3-4H2,1-2H3. The quantitative estimate of drug-likeness (QED) is 0.867. The predicted octanol–water partition coefficient (Wildman–Crippen LogP) is 1.87. The lowest BCUT2D eigenvalue weighted by Crippen LogP contribution is -2.26. The van der Waals surface area contributed by atoms with Gasteiger partial charge in [-0.25, -0.2) is 13.1 Å². The normalized spacial score (nSPS) is 14.0. The largest absolute Gasteiger partial charge is 0.393 e. The van der Waals surface area contributed by atoms with Crippen LogP contribution >= 0.6 is 27.3 Å². The second kappa shape index (κ2) is 5.59. The SMILES string of the molecule is Cc1sc(Br)cc1S(=O)(=O)NCCC(C)O. The number of hydrogen-bond donors (Lipinski definition) is 2. The minimum Gasteiger partial charge on any atom is -0.393 e. The Kier molecular flexibility index (Phi) is 4.93. The van der Waals surface area contributed by atoms with Crippen molar-refractivity contribution in [3.05, 3.63) is 14.7 Å². The number of aliphatic hydroxyl groups is 1. The molecular formula is C9H14BrNO3S2. The summed E-state index contributed by atoms with van der Waals surface area (Å²) in [5.74, 6) is 0. The van der Waals surface area contributed by atoms with Gasteiger partial charge in [0.1, 0.15) is 0 Å². The van der Waals surface area contributed by atoms with Crippen LogP contribution in [0.15, 0.2) is 14.7 Å². The molecule has 1 atom stereocenters. The van der Waals surface area contributed by atoms with Crippen molar-refractivity contribution in [2.24, 2.45) is 0 Å². The maximum absolute atomic E-state index is 11.8. The molecule has 4 nitrogen and oxygen atoms in total. The molecule has 1 aromatic heterocycles. The van der Waals surface area contributed by atoms with Crippen LogP contribution in [-0.2, 0) is 10.0 Å². The monoisotopic (exact) mass is 327 g/mol. The van der Waals surface area contributed by atoms with E-state index in [-0.39, 0.29) is 6.54 Å². The number of sulfonamides is 1. The molecule has 0 aromatic carbocycles. The average molecular weight is 328 g/mol. The molecule has 0 fully saturated rings. The Labute approximate surface area is 108 Å². The number of thiophene rings is 1. The van der Waals surface area contributed by atoms with Crippen molar-refractivity contribution in [3.8, 4) is 0 Å². The van der Waals surface area contributed by atoms with Crippen LogP contribution in [-0.4, -0.2) is 26.2 Å². The summed E-state index contributed by atoms with van der Waals surface area (Å²) in [6, 6.07) is 1.59. The van der Waals surface area contributed by atoms with E-state index in [9.17, 15) is 8.42 Å². The molecule has 16 heavy (non-hydrogen) atoms. The Hall–Kier alpha value is 0.0500. The third kappa shape index (κ3) is 3.81. The lowest BCUT2D eigenvalue weighted by Gasteiger charge is -2.07. The zero-order valence-electron chi connectivity index (χ0n) is 9.03. The fourth-order valence-electron chi connectivity index (χ4n) is 1.18. The summed E-state index contributed by atoms with van der Waals surface area (Å²) in [5.41, 5.74) is 0. The first-order chi connectivity index (χ1) is 7.33. The van der Waals surface area contributed by atoms with Crippen LogP contribution < -0.4 is 4.72 Å². The third-order valence-electron chi connectivity index (χ3n) is 1.99. The topological polar surface area (TPSA) is 66.4 Å². The minimum atomic E-state index is -3.45. The van der Waals surface area contributed by atoms with Gasteiger partial charge < -0.3 is 5.11 Å². The van der Waals surface area contributed by atoms with E-state index in [0.29, 0.717) is 11.3 Å². The highest BCUT2D eigenvalue weighted by atomic mass is 79.9. The van der Waals surface area contributed by atoms with Crippen molar-refractivity contribution < 1.29 is 13.5 Å². The van der Waals surface area contributed by atoms with Crippen molar-refractivity contribution in [3.63, 3.8) is 0 Å². The number of aryl methyl sites for hydroxylation is 1. The molecule has 0 saturated carbocycles. The smallest absolute Gasteiger partial charge is 0.241 e. The molecular weight excluding hydrogens is 314 g/mol. The fourth-order valence-corrected chi connectivity index (χ4v) is 4.64. The molecule has 92 valence electrons. The summed E-state index contributed by atoms with van der Waals surface area (Å²) in [5, 5.41) is 9.04. The van der Waals surface area contributed by atoms with Crippen molar-refractivity contribution >= 4 is 37.3 Å². The molecule has 0 aliphatic rings. The van der Waals surface area contributed by atoms with E-state index in [1.54, 1.807) is 19.9 Å². The van der Waals surface area contributed by atoms with Gasteiger partial charge in [-0.2, -0.15) is 0 Å².